The van der Waals surface area contributed by atoms with Gasteiger partial charge in [0.05, 0.1) is 0 Å². The number of imide groups is 1. The van der Waals surface area contributed by atoms with Crippen molar-refractivity contribution in [2.24, 2.45) is 0 Å². The molecule has 0 aromatic heterocycles. The number of nitrogen functional groups attached to an aromatic ring is 1. The van der Waals surface area contributed by atoms with E-state index in [9.17, 15) is 9.59 Å². The molecule has 2 amide bonds. The van der Waals surface area contributed by atoms with Gasteiger partial charge in [0.2, 0.25) is 0 Å². The number of amides is 2. The number of nitrogens with zero attached hydrogens (tertiary/aromatic N) is 1. The summed E-state index contributed by atoms with van der Waals surface area (Å²) in [4.78, 5) is 24.4. The third kappa shape index (κ3) is 2.36. The van der Waals surface area contributed by atoms with Crippen LogP contribution in [0.25, 0.3) is 0 Å². The van der Waals surface area contributed by atoms with Gasteiger partial charge in [-0.25, -0.2) is 0 Å². The van der Waals surface area contributed by atoms with E-state index in [0.29, 0.717) is 24.2 Å². The lowest BCUT2D eigenvalue weighted by atomic mass is 10.1. The van der Waals surface area contributed by atoms with E-state index in [-0.39, 0.29) is 11.8 Å². The van der Waals surface area contributed by atoms with E-state index in [1.54, 1.807) is 6.92 Å². The second-order valence-corrected chi connectivity index (χ2v) is 4.11. The average molecular weight is 230 g/mol. The number of rotatable bonds is 3. The SMILES string of the molecule is CC1=CC(=O)N(CCc2ccc(N)cc2)C1=O. The number of hydrogen-bond acceptors (Lipinski definition) is 3. The van der Waals surface area contributed by atoms with Crippen LogP contribution in [0.15, 0.2) is 35.9 Å². The molecule has 0 unspecified atom stereocenters. The lowest BCUT2D eigenvalue weighted by Gasteiger charge is -2.14. The standard InChI is InChI=1S/C13H14N2O2/c1-9-8-12(16)15(13(9)17)7-6-10-2-4-11(14)5-3-10/h2-5,8H,6-7,14H2,1H3. The highest BCUT2D eigenvalue weighted by atomic mass is 16.2. The average Bonchev–Trinajstić information content (AvgIpc) is 2.54. The largest absolute Gasteiger partial charge is 0.399 e. The van der Waals surface area contributed by atoms with Crippen LogP contribution in [0.4, 0.5) is 5.69 Å². The molecule has 1 heterocycles. The molecular formula is C13H14N2O2. The smallest absolute Gasteiger partial charge is 0.256 e. The van der Waals surface area contributed by atoms with Crippen LogP contribution in [0.5, 0.6) is 0 Å². The maximum absolute atomic E-state index is 11.6. The van der Waals surface area contributed by atoms with Crippen molar-refractivity contribution in [2.45, 2.75) is 13.3 Å². The molecule has 1 aromatic rings. The minimum absolute atomic E-state index is 0.189. The zero-order chi connectivity index (χ0) is 12.4. The Morgan fingerprint density at radius 2 is 1.82 bits per heavy atom. The van der Waals surface area contributed by atoms with Gasteiger partial charge in [-0.2, -0.15) is 0 Å². The van der Waals surface area contributed by atoms with E-state index in [2.05, 4.69) is 0 Å². The van der Waals surface area contributed by atoms with Crippen molar-refractivity contribution in [1.82, 2.24) is 4.90 Å². The van der Waals surface area contributed by atoms with Gasteiger partial charge in [0.25, 0.3) is 11.8 Å². The molecule has 88 valence electrons. The Kier molecular flexibility index (Phi) is 2.95. The van der Waals surface area contributed by atoms with Crippen LogP contribution in [-0.4, -0.2) is 23.3 Å². The summed E-state index contributed by atoms with van der Waals surface area (Å²) < 4.78 is 0. The highest BCUT2D eigenvalue weighted by Crippen LogP contribution is 2.13. The lowest BCUT2D eigenvalue weighted by Crippen LogP contribution is -2.32. The molecule has 0 saturated carbocycles. The van der Waals surface area contributed by atoms with Crippen molar-refractivity contribution in [3.05, 3.63) is 41.5 Å². The molecule has 17 heavy (non-hydrogen) atoms. The zero-order valence-corrected chi connectivity index (χ0v) is 9.64. The van der Waals surface area contributed by atoms with Crippen molar-refractivity contribution in [2.75, 3.05) is 12.3 Å². The summed E-state index contributed by atoms with van der Waals surface area (Å²) in [6.45, 7) is 2.07. The van der Waals surface area contributed by atoms with E-state index in [4.69, 9.17) is 5.73 Å². The van der Waals surface area contributed by atoms with E-state index < -0.39 is 0 Å². The van der Waals surface area contributed by atoms with Crippen LogP contribution in [0.3, 0.4) is 0 Å². The van der Waals surface area contributed by atoms with Gasteiger partial charge in [-0.1, -0.05) is 12.1 Å². The third-order valence-electron chi connectivity index (χ3n) is 2.79. The molecule has 4 heteroatoms. The Morgan fingerprint density at radius 1 is 1.18 bits per heavy atom. The predicted molar refractivity (Wildman–Crippen MR) is 65.0 cm³/mol. The van der Waals surface area contributed by atoms with Crippen molar-refractivity contribution >= 4 is 17.5 Å². The van der Waals surface area contributed by atoms with Gasteiger partial charge in [-0.15, -0.1) is 0 Å². The summed E-state index contributed by atoms with van der Waals surface area (Å²) >= 11 is 0. The number of carbonyl (C=O) groups excluding carboxylic acids is 2. The van der Waals surface area contributed by atoms with Crippen molar-refractivity contribution in [3.63, 3.8) is 0 Å². The predicted octanol–water partition coefficient (Wildman–Crippen LogP) is 1.13. The van der Waals surface area contributed by atoms with Crippen LogP contribution >= 0.6 is 0 Å². The second kappa shape index (κ2) is 4.41. The molecule has 2 rings (SSSR count). The molecule has 4 nitrogen and oxygen atoms in total. The third-order valence-corrected chi connectivity index (χ3v) is 2.79. The summed E-state index contributed by atoms with van der Waals surface area (Å²) in [6, 6.07) is 7.43. The molecule has 0 radical (unpaired) electrons. The van der Waals surface area contributed by atoms with Crippen molar-refractivity contribution < 1.29 is 9.59 Å². The number of anilines is 1. The Balaban J connectivity index is 1.98. The Hall–Kier alpha value is -2.10. The van der Waals surface area contributed by atoms with Crippen LogP contribution in [0.1, 0.15) is 12.5 Å². The molecule has 0 spiro atoms. The van der Waals surface area contributed by atoms with E-state index >= 15 is 0 Å². The monoisotopic (exact) mass is 230 g/mol. The first-order valence-electron chi connectivity index (χ1n) is 5.46. The molecule has 0 bridgehead atoms. The Labute approximate surface area is 99.7 Å². The van der Waals surface area contributed by atoms with Crippen molar-refractivity contribution in [1.29, 1.82) is 0 Å². The molecule has 1 aromatic carbocycles. The fourth-order valence-electron chi connectivity index (χ4n) is 1.77. The molecule has 1 aliphatic rings. The summed E-state index contributed by atoms with van der Waals surface area (Å²) in [7, 11) is 0. The van der Waals surface area contributed by atoms with E-state index in [1.807, 2.05) is 24.3 Å². The molecular weight excluding hydrogens is 216 g/mol. The van der Waals surface area contributed by atoms with Gasteiger partial charge >= 0.3 is 0 Å². The normalized spacial score (nSPS) is 15.4. The summed E-state index contributed by atoms with van der Waals surface area (Å²) in [5.41, 5.74) is 7.85. The van der Waals surface area contributed by atoms with Crippen LogP contribution in [0, 0.1) is 0 Å². The molecule has 0 aliphatic carbocycles. The first kappa shape index (κ1) is 11.4. The highest BCUT2D eigenvalue weighted by molar-refractivity contribution is 6.15. The fourth-order valence-corrected chi connectivity index (χ4v) is 1.77. The van der Waals surface area contributed by atoms with Gasteiger partial charge in [-0.05, 0) is 31.0 Å². The van der Waals surface area contributed by atoms with Crippen LogP contribution in [-0.2, 0) is 16.0 Å². The van der Waals surface area contributed by atoms with E-state index in [1.165, 1.54) is 11.0 Å². The van der Waals surface area contributed by atoms with Crippen molar-refractivity contribution in [3.8, 4) is 0 Å². The maximum Gasteiger partial charge on any atom is 0.256 e. The van der Waals surface area contributed by atoms with Crippen LogP contribution < -0.4 is 5.73 Å². The van der Waals surface area contributed by atoms with Gasteiger partial charge < -0.3 is 5.73 Å². The number of carbonyl (C=O) groups is 2. The fraction of sp³-hybridized carbons (Fsp3) is 0.231. The van der Waals surface area contributed by atoms with Crippen LogP contribution in [0.2, 0.25) is 0 Å². The first-order chi connectivity index (χ1) is 8.08. The number of benzene rings is 1. The topological polar surface area (TPSA) is 63.4 Å². The molecule has 0 atom stereocenters. The summed E-state index contributed by atoms with van der Waals surface area (Å²) in [5, 5.41) is 0. The highest BCUT2D eigenvalue weighted by Gasteiger charge is 2.27. The van der Waals surface area contributed by atoms with Gasteiger partial charge in [0.15, 0.2) is 0 Å². The minimum atomic E-state index is -0.219. The molecule has 0 saturated heterocycles. The van der Waals surface area contributed by atoms with Gasteiger partial charge in [-0.3, -0.25) is 14.5 Å². The quantitative estimate of drug-likeness (QED) is 0.625. The molecule has 0 fully saturated rings. The first-order valence-corrected chi connectivity index (χ1v) is 5.46. The number of hydrogen-bond donors (Lipinski definition) is 1. The Bertz CT molecular complexity index is 489. The van der Waals surface area contributed by atoms with Gasteiger partial charge in [0, 0.05) is 23.9 Å². The Morgan fingerprint density at radius 3 is 2.35 bits per heavy atom. The molecule has 2 N–H and O–H groups in total. The summed E-state index contributed by atoms with van der Waals surface area (Å²) in [6.07, 6.45) is 2.03. The number of nitrogens with two attached hydrogens (primary N) is 1. The van der Waals surface area contributed by atoms with Gasteiger partial charge in [0.1, 0.15) is 0 Å². The second-order valence-electron chi connectivity index (χ2n) is 4.11. The minimum Gasteiger partial charge on any atom is -0.399 e. The maximum atomic E-state index is 11.6. The summed E-state index contributed by atoms with van der Waals surface area (Å²) in [5.74, 6) is -0.409. The molecule has 1 aliphatic heterocycles. The van der Waals surface area contributed by atoms with E-state index in [0.717, 1.165) is 5.56 Å². The zero-order valence-electron chi connectivity index (χ0n) is 9.64. The lowest BCUT2D eigenvalue weighted by molar-refractivity contribution is -0.137.